The van der Waals surface area contributed by atoms with Crippen LogP contribution in [0.4, 0.5) is 0 Å². The van der Waals surface area contributed by atoms with Crippen LogP contribution in [-0.4, -0.2) is 22.8 Å². The first-order valence-corrected chi connectivity index (χ1v) is 12.4. The van der Waals surface area contributed by atoms with Crippen LogP contribution in [0.1, 0.15) is 44.7 Å². The Labute approximate surface area is 208 Å². The lowest BCUT2D eigenvalue weighted by molar-refractivity contribution is 0.337. The van der Waals surface area contributed by atoms with E-state index in [0.717, 1.165) is 38.0 Å². The zero-order valence-corrected chi connectivity index (χ0v) is 21.6. The summed E-state index contributed by atoms with van der Waals surface area (Å²) >= 11 is 3.52. The van der Waals surface area contributed by atoms with E-state index in [1.165, 1.54) is 5.56 Å². The normalized spacial score (nSPS) is 11.2. The Morgan fingerprint density at radius 2 is 1.68 bits per heavy atom. The van der Waals surface area contributed by atoms with E-state index in [-0.39, 0.29) is 5.69 Å². The first-order valence-electron chi connectivity index (χ1n) is 11.6. The molecule has 6 heteroatoms. The Hall–Kier alpha value is -3.12. The van der Waals surface area contributed by atoms with Crippen molar-refractivity contribution >= 4 is 26.8 Å². The van der Waals surface area contributed by atoms with Crippen LogP contribution in [0.5, 0.6) is 11.5 Å². The number of nitrogens with zero attached hydrogens (tertiary/aromatic N) is 2. The lowest BCUT2D eigenvalue weighted by atomic mass is 9.99. The second-order valence-corrected chi connectivity index (χ2v) is 9.27. The highest BCUT2D eigenvalue weighted by Crippen LogP contribution is 2.31. The van der Waals surface area contributed by atoms with Gasteiger partial charge in [0, 0.05) is 10.9 Å². The third kappa shape index (κ3) is 5.02. The van der Waals surface area contributed by atoms with Gasteiger partial charge in [0.25, 0.3) is 0 Å². The van der Waals surface area contributed by atoms with Crippen LogP contribution in [0.15, 0.2) is 69.9 Å². The highest BCUT2D eigenvalue weighted by molar-refractivity contribution is 9.10. The summed E-state index contributed by atoms with van der Waals surface area (Å²) in [6.07, 6.45) is 0. The van der Waals surface area contributed by atoms with E-state index in [4.69, 9.17) is 9.47 Å². The standard InChI is InChI=1S/C28H29BrN2O3/c1-5-33-22-12-14-25-23(16-22)27(21-10-8-20(9-11-21)18(3)4)30-28(32)31(25)17-19-7-13-24(29)26(15-19)34-6-2/h7-16,18H,5-6,17H2,1-4H3. The predicted molar refractivity (Wildman–Crippen MR) is 141 cm³/mol. The van der Waals surface area contributed by atoms with Crippen molar-refractivity contribution in [3.63, 3.8) is 0 Å². The fraction of sp³-hybridized carbons (Fsp3) is 0.286. The van der Waals surface area contributed by atoms with E-state index < -0.39 is 0 Å². The second kappa shape index (κ2) is 10.4. The fourth-order valence-corrected chi connectivity index (χ4v) is 4.37. The van der Waals surface area contributed by atoms with Crippen LogP contribution in [0.2, 0.25) is 0 Å². The van der Waals surface area contributed by atoms with Gasteiger partial charge >= 0.3 is 5.69 Å². The van der Waals surface area contributed by atoms with Gasteiger partial charge in [0.05, 0.1) is 35.4 Å². The van der Waals surface area contributed by atoms with Crippen LogP contribution in [-0.2, 0) is 6.54 Å². The molecule has 0 spiro atoms. The fourth-order valence-electron chi connectivity index (χ4n) is 4.01. The van der Waals surface area contributed by atoms with Gasteiger partial charge in [-0.05, 0) is 77.2 Å². The highest BCUT2D eigenvalue weighted by Gasteiger charge is 2.15. The molecule has 4 rings (SSSR count). The van der Waals surface area contributed by atoms with Gasteiger partial charge in [-0.3, -0.25) is 4.57 Å². The maximum Gasteiger partial charge on any atom is 0.348 e. The van der Waals surface area contributed by atoms with E-state index in [2.05, 4.69) is 46.9 Å². The maximum absolute atomic E-state index is 13.3. The Balaban J connectivity index is 1.86. The van der Waals surface area contributed by atoms with Crippen LogP contribution in [0.3, 0.4) is 0 Å². The van der Waals surface area contributed by atoms with Crippen LogP contribution in [0.25, 0.3) is 22.2 Å². The number of halogens is 1. The van der Waals surface area contributed by atoms with Crippen molar-refractivity contribution in [3.05, 3.63) is 86.7 Å². The Morgan fingerprint density at radius 1 is 0.941 bits per heavy atom. The van der Waals surface area contributed by atoms with Crippen molar-refractivity contribution in [1.82, 2.24) is 9.55 Å². The lowest BCUT2D eigenvalue weighted by Gasteiger charge is -2.15. The number of hydrogen-bond acceptors (Lipinski definition) is 4. The number of benzene rings is 3. The first-order chi connectivity index (χ1) is 16.4. The smallest absolute Gasteiger partial charge is 0.348 e. The Morgan fingerprint density at radius 3 is 2.35 bits per heavy atom. The number of fused-ring (bicyclic) bond motifs is 1. The SMILES string of the molecule is CCOc1ccc2c(c1)c(-c1ccc(C(C)C)cc1)nc(=O)n2Cc1ccc(Br)c(OCC)c1. The van der Waals surface area contributed by atoms with E-state index in [1.807, 2.05) is 62.4 Å². The molecule has 5 nitrogen and oxygen atoms in total. The van der Waals surface area contributed by atoms with Gasteiger partial charge in [-0.15, -0.1) is 0 Å². The molecule has 0 aliphatic heterocycles. The summed E-state index contributed by atoms with van der Waals surface area (Å²) in [4.78, 5) is 17.8. The minimum atomic E-state index is -0.291. The molecule has 1 heterocycles. The first kappa shape index (κ1) is 24.0. The molecule has 0 bridgehead atoms. The molecule has 0 radical (unpaired) electrons. The van der Waals surface area contributed by atoms with Gasteiger partial charge in [0.15, 0.2) is 0 Å². The number of rotatable bonds is 8. The largest absolute Gasteiger partial charge is 0.494 e. The van der Waals surface area contributed by atoms with Gasteiger partial charge in [-0.1, -0.05) is 44.2 Å². The van der Waals surface area contributed by atoms with Gasteiger partial charge in [0.1, 0.15) is 11.5 Å². The topological polar surface area (TPSA) is 53.3 Å². The summed E-state index contributed by atoms with van der Waals surface area (Å²) in [7, 11) is 0. The molecule has 0 amide bonds. The minimum Gasteiger partial charge on any atom is -0.494 e. The Bertz CT molecular complexity index is 1360. The molecule has 0 saturated heterocycles. The van der Waals surface area contributed by atoms with Crippen molar-refractivity contribution < 1.29 is 9.47 Å². The summed E-state index contributed by atoms with van der Waals surface area (Å²) < 4.78 is 14.1. The average molecular weight is 521 g/mol. The van der Waals surface area contributed by atoms with Crippen LogP contribution in [0, 0.1) is 0 Å². The monoisotopic (exact) mass is 520 g/mol. The molecule has 0 unspecified atom stereocenters. The molecule has 0 aliphatic rings. The average Bonchev–Trinajstić information content (AvgIpc) is 2.83. The van der Waals surface area contributed by atoms with Gasteiger partial charge in [0.2, 0.25) is 0 Å². The van der Waals surface area contributed by atoms with E-state index in [0.29, 0.717) is 31.4 Å². The van der Waals surface area contributed by atoms with Crippen molar-refractivity contribution in [3.8, 4) is 22.8 Å². The van der Waals surface area contributed by atoms with E-state index >= 15 is 0 Å². The number of hydrogen-bond donors (Lipinski definition) is 0. The zero-order valence-electron chi connectivity index (χ0n) is 20.0. The molecule has 1 aromatic heterocycles. The molecule has 34 heavy (non-hydrogen) atoms. The van der Waals surface area contributed by atoms with Gasteiger partial charge < -0.3 is 9.47 Å². The molecule has 0 N–H and O–H groups in total. The predicted octanol–water partition coefficient (Wildman–Crippen LogP) is 6.80. The van der Waals surface area contributed by atoms with Gasteiger partial charge in [-0.25, -0.2) is 4.79 Å². The molecular formula is C28H29BrN2O3. The maximum atomic E-state index is 13.3. The third-order valence-electron chi connectivity index (χ3n) is 5.75. The van der Waals surface area contributed by atoms with Crippen molar-refractivity contribution in [2.75, 3.05) is 13.2 Å². The van der Waals surface area contributed by atoms with Crippen LogP contribution < -0.4 is 15.2 Å². The number of ether oxygens (including phenoxy) is 2. The summed E-state index contributed by atoms with van der Waals surface area (Å²) in [6.45, 7) is 9.75. The molecule has 176 valence electrons. The molecule has 0 fully saturated rings. The van der Waals surface area contributed by atoms with Crippen molar-refractivity contribution in [2.24, 2.45) is 0 Å². The molecular weight excluding hydrogens is 492 g/mol. The summed E-state index contributed by atoms with van der Waals surface area (Å²) in [5.74, 6) is 1.94. The summed E-state index contributed by atoms with van der Waals surface area (Å²) in [5.41, 5.74) is 4.30. The van der Waals surface area contributed by atoms with E-state index in [1.54, 1.807) is 4.57 Å². The molecule has 0 saturated carbocycles. The molecule has 4 aromatic rings. The molecule has 0 atom stereocenters. The quantitative estimate of drug-likeness (QED) is 0.256. The summed E-state index contributed by atoms with van der Waals surface area (Å²) in [5, 5.41) is 0.880. The van der Waals surface area contributed by atoms with Crippen molar-refractivity contribution in [2.45, 2.75) is 40.2 Å². The van der Waals surface area contributed by atoms with Gasteiger partial charge in [-0.2, -0.15) is 4.98 Å². The number of aromatic nitrogens is 2. The van der Waals surface area contributed by atoms with Crippen molar-refractivity contribution in [1.29, 1.82) is 0 Å². The van der Waals surface area contributed by atoms with E-state index in [9.17, 15) is 4.79 Å². The second-order valence-electron chi connectivity index (χ2n) is 8.42. The zero-order chi connectivity index (χ0) is 24.2. The Kier molecular flexibility index (Phi) is 7.37. The minimum absolute atomic E-state index is 0.291. The summed E-state index contributed by atoms with van der Waals surface area (Å²) in [6, 6.07) is 20.0. The highest BCUT2D eigenvalue weighted by atomic mass is 79.9. The van der Waals surface area contributed by atoms with Crippen LogP contribution >= 0.6 is 15.9 Å². The third-order valence-corrected chi connectivity index (χ3v) is 6.41. The molecule has 3 aromatic carbocycles. The molecule has 0 aliphatic carbocycles. The lowest BCUT2D eigenvalue weighted by Crippen LogP contribution is -2.24.